The highest BCUT2D eigenvalue weighted by molar-refractivity contribution is 5.94. The van der Waals surface area contributed by atoms with Gasteiger partial charge in [0, 0.05) is 24.9 Å². The van der Waals surface area contributed by atoms with Crippen LogP contribution in [0.5, 0.6) is 5.88 Å². The van der Waals surface area contributed by atoms with Crippen molar-refractivity contribution in [3.05, 3.63) is 47.3 Å². The predicted molar refractivity (Wildman–Crippen MR) is 94.9 cm³/mol. The van der Waals surface area contributed by atoms with Gasteiger partial charge in [0.1, 0.15) is 5.82 Å². The van der Waals surface area contributed by atoms with Crippen LogP contribution in [0.1, 0.15) is 41.5 Å². The molecular formula is C18H19F3N4O3. The molecule has 1 atom stereocenters. The number of rotatable bonds is 6. The topological polar surface area (TPSA) is 93.2 Å². The zero-order valence-electron chi connectivity index (χ0n) is 15.4. The minimum atomic E-state index is -4.47. The second-order valence-corrected chi connectivity index (χ2v) is 6.09. The second-order valence-electron chi connectivity index (χ2n) is 6.09. The number of carbonyl (C=O) groups excluding carboxylic acids is 2. The van der Waals surface area contributed by atoms with Crippen LogP contribution < -0.4 is 15.4 Å². The molecule has 0 saturated heterocycles. The van der Waals surface area contributed by atoms with Crippen LogP contribution in [0.2, 0.25) is 0 Å². The largest absolute Gasteiger partial charge is 0.468 e. The van der Waals surface area contributed by atoms with Crippen molar-refractivity contribution >= 4 is 17.6 Å². The number of aromatic nitrogens is 2. The third kappa shape index (κ3) is 6.53. The fourth-order valence-corrected chi connectivity index (χ4v) is 2.31. The lowest BCUT2D eigenvalue weighted by Crippen LogP contribution is -2.27. The van der Waals surface area contributed by atoms with Crippen molar-refractivity contribution in [3.8, 4) is 5.88 Å². The number of nitrogens with zero attached hydrogens (tertiary/aromatic N) is 2. The van der Waals surface area contributed by atoms with Gasteiger partial charge in [-0.05, 0) is 37.6 Å². The first-order chi connectivity index (χ1) is 13.0. The smallest absolute Gasteiger partial charge is 0.422 e. The van der Waals surface area contributed by atoms with Crippen LogP contribution in [-0.2, 0) is 4.79 Å². The number of carbonyl (C=O) groups is 2. The van der Waals surface area contributed by atoms with Crippen LogP contribution >= 0.6 is 0 Å². The highest BCUT2D eigenvalue weighted by atomic mass is 19.4. The van der Waals surface area contributed by atoms with Crippen molar-refractivity contribution in [3.63, 3.8) is 0 Å². The maximum atomic E-state index is 12.3. The zero-order chi connectivity index (χ0) is 20.9. The van der Waals surface area contributed by atoms with Crippen molar-refractivity contribution in [1.82, 2.24) is 15.3 Å². The van der Waals surface area contributed by atoms with E-state index in [2.05, 4.69) is 25.3 Å². The van der Waals surface area contributed by atoms with Gasteiger partial charge >= 0.3 is 6.18 Å². The third-order valence-corrected chi connectivity index (χ3v) is 3.51. The summed E-state index contributed by atoms with van der Waals surface area (Å²) in [4.78, 5) is 31.4. The van der Waals surface area contributed by atoms with E-state index in [1.807, 2.05) is 0 Å². The van der Waals surface area contributed by atoms with E-state index in [1.165, 1.54) is 19.1 Å². The Labute approximate surface area is 159 Å². The van der Waals surface area contributed by atoms with Gasteiger partial charge in [-0.15, -0.1) is 0 Å². The number of pyridine rings is 2. The van der Waals surface area contributed by atoms with Gasteiger partial charge in [0.05, 0.1) is 11.6 Å². The van der Waals surface area contributed by atoms with Gasteiger partial charge in [-0.3, -0.25) is 9.59 Å². The van der Waals surface area contributed by atoms with E-state index in [4.69, 9.17) is 0 Å². The van der Waals surface area contributed by atoms with Crippen molar-refractivity contribution in [2.45, 2.75) is 33.0 Å². The van der Waals surface area contributed by atoms with E-state index in [-0.39, 0.29) is 17.4 Å². The molecule has 150 valence electrons. The Hall–Kier alpha value is -3.17. The minimum absolute atomic E-state index is 0.166. The Morgan fingerprint density at radius 2 is 1.96 bits per heavy atom. The van der Waals surface area contributed by atoms with Gasteiger partial charge in [-0.25, -0.2) is 9.97 Å². The molecule has 10 heteroatoms. The molecule has 1 unspecified atom stereocenters. The van der Waals surface area contributed by atoms with Gasteiger partial charge in [0.15, 0.2) is 6.61 Å². The normalized spacial score (nSPS) is 12.2. The molecule has 2 rings (SSSR count). The number of amides is 2. The number of anilines is 1. The first-order valence-electron chi connectivity index (χ1n) is 8.26. The summed E-state index contributed by atoms with van der Waals surface area (Å²) in [5.74, 6) is -0.583. The SMILES string of the molecule is CC(=O)Nc1cc(C(C)NC(=O)c2ccc(OCC(F)(F)F)nc2)cc(C)n1. The summed E-state index contributed by atoms with van der Waals surface area (Å²) < 4.78 is 40.9. The minimum Gasteiger partial charge on any atom is -0.468 e. The fourth-order valence-electron chi connectivity index (χ4n) is 2.31. The van der Waals surface area contributed by atoms with Crippen molar-refractivity contribution in [2.24, 2.45) is 0 Å². The highest BCUT2D eigenvalue weighted by Crippen LogP contribution is 2.19. The van der Waals surface area contributed by atoms with E-state index in [1.54, 1.807) is 26.0 Å². The average molecular weight is 396 g/mol. The molecule has 2 amide bonds. The molecule has 0 saturated carbocycles. The number of aryl methyl sites for hydroxylation is 1. The summed E-state index contributed by atoms with van der Waals surface area (Å²) in [6.45, 7) is 3.41. The van der Waals surface area contributed by atoms with Crippen LogP contribution in [0.3, 0.4) is 0 Å². The highest BCUT2D eigenvalue weighted by Gasteiger charge is 2.28. The molecule has 0 aromatic carbocycles. The predicted octanol–water partition coefficient (Wildman–Crippen LogP) is 3.18. The number of hydrogen-bond donors (Lipinski definition) is 2. The summed E-state index contributed by atoms with van der Waals surface area (Å²) in [6, 6.07) is 5.51. The number of ether oxygens (including phenoxy) is 1. The molecule has 0 aliphatic rings. The maximum absolute atomic E-state index is 12.3. The summed E-state index contributed by atoms with van der Waals surface area (Å²) in [5.41, 5.74) is 1.55. The van der Waals surface area contributed by atoms with Crippen LogP contribution in [0.15, 0.2) is 30.5 Å². The Bertz CT molecular complexity index is 854. The summed E-state index contributed by atoms with van der Waals surface area (Å²) >= 11 is 0. The quantitative estimate of drug-likeness (QED) is 0.782. The first kappa shape index (κ1) is 21.1. The monoisotopic (exact) mass is 396 g/mol. The molecule has 7 nitrogen and oxygen atoms in total. The lowest BCUT2D eigenvalue weighted by Gasteiger charge is -2.16. The fraction of sp³-hybridized carbons (Fsp3) is 0.333. The number of alkyl halides is 3. The Kier molecular flexibility index (Phi) is 6.55. The lowest BCUT2D eigenvalue weighted by molar-refractivity contribution is -0.154. The molecule has 0 bridgehead atoms. The molecule has 28 heavy (non-hydrogen) atoms. The molecule has 0 radical (unpaired) electrons. The van der Waals surface area contributed by atoms with E-state index < -0.39 is 24.7 Å². The van der Waals surface area contributed by atoms with Gasteiger partial charge in [-0.2, -0.15) is 13.2 Å². The Balaban J connectivity index is 2.04. The molecule has 0 aliphatic heterocycles. The molecule has 2 N–H and O–H groups in total. The molecular weight excluding hydrogens is 377 g/mol. The van der Waals surface area contributed by atoms with Gasteiger partial charge in [-0.1, -0.05) is 0 Å². The van der Waals surface area contributed by atoms with Gasteiger partial charge in [0.2, 0.25) is 11.8 Å². The van der Waals surface area contributed by atoms with Crippen LogP contribution in [0.4, 0.5) is 19.0 Å². The average Bonchev–Trinajstić information content (AvgIpc) is 2.58. The van der Waals surface area contributed by atoms with E-state index in [0.717, 1.165) is 11.8 Å². The standard InChI is InChI=1S/C18H19F3N4O3/c1-10-6-14(7-15(23-10)25-12(3)26)11(2)24-17(27)13-4-5-16(22-8-13)28-9-18(19,20)21/h4-8,11H,9H2,1-3H3,(H,24,27)(H,23,25,26). The Morgan fingerprint density at radius 3 is 2.54 bits per heavy atom. The van der Waals surface area contributed by atoms with Gasteiger partial charge < -0.3 is 15.4 Å². The molecule has 0 fully saturated rings. The summed E-state index contributed by atoms with van der Waals surface area (Å²) in [5, 5.41) is 5.34. The van der Waals surface area contributed by atoms with E-state index >= 15 is 0 Å². The van der Waals surface area contributed by atoms with Crippen molar-refractivity contribution in [1.29, 1.82) is 0 Å². The zero-order valence-corrected chi connectivity index (χ0v) is 15.4. The van der Waals surface area contributed by atoms with Gasteiger partial charge in [0.25, 0.3) is 5.91 Å². The maximum Gasteiger partial charge on any atom is 0.422 e. The Morgan fingerprint density at radius 1 is 1.25 bits per heavy atom. The lowest BCUT2D eigenvalue weighted by atomic mass is 10.1. The second kappa shape index (κ2) is 8.68. The third-order valence-electron chi connectivity index (χ3n) is 3.51. The van der Waals surface area contributed by atoms with Crippen LogP contribution in [-0.4, -0.2) is 34.6 Å². The van der Waals surface area contributed by atoms with E-state index in [0.29, 0.717) is 11.5 Å². The first-order valence-corrected chi connectivity index (χ1v) is 8.26. The van der Waals surface area contributed by atoms with Crippen LogP contribution in [0.25, 0.3) is 0 Å². The molecule has 2 aromatic heterocycles. The van der Waals surface area contributed by atoms with Crippen LogP contribution in [0, 0.1) is 6.92 Å². The van der Waals surface area contributed by atoms with Crippen molar-refractivity contribution in [2.75, 3.05) is 11.9 Å². The molecule has 0 aliphatic carbocycles. The van der Waals surface area contributed by atoms with E-state index in [9.17, 15) is 22.8 Å². The molecule has 0 spiro atoms. The molecule has 2 aromatic rings. The number of nitrogens with one attached hydrogen (secondary N) is 2. The summed E-state index contributed by atoms with van der Waals surface area (Å²) in [6.07, 6.45) is -3.33. The molecule has 2 heterocycles. The number of hydrogen-bond acceptors (Lipinski definition) is 5. The van der Waals surface area contributed by atoms with Crippen molar-refractivity contribution < 1.29 is 27.5 Å². The number of halogens is 3. The summed E-state index contributed by atoms with van der Waals surface area (Å²) in [7, 11) is 0.